The molecule has 0 spiro atoms. The van der Waals surface area contributed by atoms with E-state index in [-0.39, 0.29) is 5.41 Å². The van der Waals surface area contributed by atoms with Gasteiger partial charge >= 0.3 is 0 Å². The minimum Gasteiger partial charge on any atom is -0.382 e. The molecule has 0 amide bonds. The van der Waals surface area contributed by atoms with Crippen molar-refractivity contribution in [1.82, 2.24) is 4.90 Å². The molecule has 0 saturated carbocycles. The molecule has 20 heavy (non-hydrogen) atoms. The minimum absolute atomic E-state index is 0.215. The monoisotopic (exact) mass is 276 g/mol. The van der Waals surface area contributed by atoms with Gasteiger partial charge in [-0.1, -0.05) is 39.8 Å². The molecule has 1 aliphatic heterocycles. The van der Waals surface area contributed by atoms with E-state index in [0.717, 1.165) is 32.8 Å². The summed E-state index contributed by atoms with van der Waals surface area (Å²) in [5.74, 6) is 0. The molecular weight excluding hydrogens is 248 g/mol. The van der Waals surface area contributed by atoms with Gasteiger partial charge in [0.15, 0.2) is 0 Å². The number of rotatable bonds is 4. The fraction of sp³-hybridized carbons (Fsp3) is 0.647. The van der Waals surface area contributed by atoms with Crippen LogP contribution in [-0.2, 0) is 10.2 Å². The van der Waals surface area contributed by atoms with Gasteiger partial charge in [0, 0.05) is 25.3 Å². The summed E-state index contributed by atoms with van der Waals surface area (Å²) < 4.78 is 5.81. The van der Waals surface area contributed by atoms with Crippen LogP contribution in [0.2, 0.25) is 0 Å². The maximum atomic E-state index is 5.81. The molecule has 1 heterocycles. The average molecular weight is 276 g/mol. The topological polar surface area (TPSA) is 24.5 Å². The highest BCUT2D eigenvalue weighted by atomic mass is 16.5. The van der Waals surface area contributed by atoms with Crippen LogP contribution in [0.1, 0.15) is 33.3 Å². The number of hydrogen-bond donors (Lipinski definition) is 1. The molecule has 1 aliphatic rings. The fourth-order valence-corrected chi connectivity index (χ4v) is 2.51. The molecule has 0 radical (unpaired) electrons. The van der Waals surface area contributed by atoms with E-state index in [9.17, 15) is 0 Å². The van der Waals surface area contributed by atoms with Gasteiger partial charge in [0.05, 0.1) is 12.7 Å². The van der Waals surface area contributed by atoms with Crippen LogP contribution in [0.15, 0.2) is 24.3 Å². The highest BCUT2D eigenvalue weighted by Gasteiger charge is 2.19. The maximum absolute atomic E-state index is 5.81. The molecule has 1 saturated heterocycles. The second kappa shape index (κ2) is 6.59. The van der Waals surface area contributed by atoms with Crippen LogP contribution in [0.4, 0.5) is 5.69 Å². The number of anilines is 1. The Morgan fingerprint density at radius 1 is 1.25 bits per heavy atom. The number of nitrogens with zero attached hydrogens (tertiary/aromatic N) is 1. The normalized spacial score (nSPS) is 20.9. The summed E-state index contributed by atoms with van der Waals surface area (Å²) in [7, 11) is 0. The van der Waals surface area contributed by atoms with Crippen molar-refractivity contribution in [2.45, 2.75) is 39.2 Å². The second-order valence-electron chi connectivity index (χ2n) is 6.59. The lowest BCUT2D eigenvalue weighted by Crippen LogP contribution is -2.45. The largest absolute Gasteiger partial charge is 0.382 e. The maximum Gasteiger partial charge on any atom is 0.0874 e. The van der Waals surface area contributed by atoms with Gasteiger partial charge in [-0.3, -0.25) is 4.90 Å². The molecule has 3 nitrogen and oxygen atoms in total. The Bertz CT molecular complexity index is 408. The van der Waals surface area contributed by atoms with Crippen LogP contribution in [0.3, 0.4) is 0 Å². The highest BCUT2D eigenvalue weighted by Crippen LogP contribution is 2.23. The summed E-state index contributed by atoms with van der Waals surface area (Å²) in [6.45, 7) is 13.9. The van der Waals surface area contributed by atoms with Gasteiger partial charge in [-0.25, -0.2) is 0 Å². The first kappa shape index (κ1) is 15.3. The van der Waals surface area contributed by atoms with Crippen molar-refractivity contribution in [3.63, 3.8) is 0 Å². The predicted molar refractivity (Wildman–Crippen MR) is 85.5 cm³/mol. The smallest absolute Gasteiger partial charge is 0.0874 e. The summed E-state index contributed by atoms with van der Waals surface area (Å²) in [5.41, 5.74) is 2.76. The van der Waals surface area contributed by atoms with Crippen LogP contribution in [0.25, 0.3) is 0 Å². The van der Waals surface area contributed by atoms with Gasteiger partial charge in [-0.05, 0) is 29.7 Å². The number of ether oxygens (including phenoxy) is 1. The third-order valence-corrected chi connectivity index (χ3v) is 3.95. The van der Waals surface area contributed by atoms with Crippen molar-refractivity contribution in [1.29, 1.82) is 0 Å². The SMILES string of the molecule is CCN1CCOC(CNc2ccc(C(C)(C)C)cc2)C1. The summed E-state index contributed by atoms with van der Waals surface area (Å²) in [5, 5.41) is 3.49. The summed E-state index contributed by atoms with van der Waals surface area (Å²) in [6.07, 6.45) is 0.297. The van der Waals surface area contributed by atoms with Crippen molar-refractivity contribution in [2.24, 2.45) is 0 Å². The molecule has 112 valence electrons. The van der Waals surface area contributed by atoms with Crippen molar-refractivity contribution < 1.29 is 4.74 Å². The Morgan fingerprint density at radius 2 is 1.95 bits per heavy atom. The van der Waals surface area contributed by atoms with Gasteiger partial charge in [0.2, 0.25) is 0 Å². The van der Waals surface area contributed by atoms with Crippen LogP contribution in [-0.4, -0.2) is 43.8 Å². The molecular formula is C17H28N2O. The fourth-order valence-electron chi connectivity index (χ4n) is 2.51. The molecule has 1 aromatic rings. The Balaban J connectivity index is 1.85. The van der Waals surface area contributed by atoms with E-state index in [4.69, 9.17) is 4.74 Å². The molecule has 3 heteroatoms. The lowest BCUT2D eigenvalue weighted by molar-refractivity contribution is -0.0191. The first-order valence-corrected chi connectivity index (χ1v) is 7.67. The van der Waals surface area contributed by atoms with Gasteiger partial charge < -0.3 is 10.1 Å². The van der Waals surface area contributed by atoms with E-state index in [1.165, 1.54) is 11.3 Å². The van der Waals surface area contributed by atoms with Gasteiger partial charge in [0.25, 0.3) is 0 Å². The first-order chi connectivity index (χ1) is 9.49. The third kappa shape index (κ3) is 4.22. The summed E-state index contributed by atoms with van der Waals surface area (Å²) in [4.78, 5) is 2.44. The molecule has 1 atom stereocenters. The van der Waals surface area contributed by atoms with E-state index in [0.29, 0.717) is 6.10 Å². The zero-order valence-corrected chi connectivity index (χ0v) is 13.3. The van der Waals surface area contributed by atoms with Crippen LogP contribution < -0.4 is 5.32 Å². The molecule has 0 aromatic heterocycles. The number of morpholine rings is 1. The second-order valence-corrected chi connectivity index (χ2v) is 6.59. The zero-order valence-electron chi connectivity index (χ0n) is 13.3. The van der Waals surface area contributed by atoms with Gasteiger partial charge in [0.1, 0.15) is 0 Å². The number of benzene rings is 1. The quantitative estimate of drug-likeness (QED) is 0.914. The van der Waals surface area contributed by atoms with Crippen LogP contribution in [0.5, 0.6) is 0 Å². The standard InChI is InChI=1S/C17H28N2O/c1-5-19-10-11-20-16(13-19)12-18-15-8-6-14(7-9-15)17(2,3)4/h6-9,16,18H,5,10-13H2,1-4H3. The van der Waals surface area contributed by atoms with Crippen molar-refractivity contribution in [3.8, 4) is 0 Å². The van der Waals surface area contributed by atoms with Crippen LogP contribution in [0, 0.1) is 0 Å². The van der Waals surface area contributed by atoms with E-state index in [1.54, 1.807) is 0 Å². The van der Waals surface area contributed by atoms with E-state index in [1.807, 2.05) is 0 Å². The zero-order chi connectivity index (χ0) is 14.6. The lowest BCUT2D eigenvalue weighted by atomic mass is 9.87. The minimum atomic E-state index is 0.215. The Hall–Kier alpha value is -1.06. The Labute approximate surface area is 123 Å². The van der Waals surface area contributed by atoms with Crippen LogP contribution >= 0.6 is 0 Å². The molecule has 2 rings (SSSR count). The van der Waals surface area contributed by atoms with Crippen molar-refractivity contribution in [3.05, 3.63) is 29.8 Å². The Morgan fingerprint density at radius 3 is 2.55 bits per heavy atom. The average Bonchev–Trinajstić information content (AvgIpc) is 2.45. The van der Waals surface area contributed by atoms with Crippen molar-refractivity contribution in [2.75, 3.05) is 38.1 Å². The number of hydrogen-bond acceptors (Lipinski definition) is 3. The molecule has 1 N–H and O–H groups in total. The summed E-state index contributed by atoms with van der Waals surface area (Å²) in [6, 6.07) is 8.76. The van der Waals surface area contributed by atoms with Gasteiger partial charge in [-0.15, -0.1) is 0 Å². The number of nitrogens with one attached hydrogen (secondary N) is 1. The molecule has 0 aliphatic carbocycles. The first-order valence-electron chi connectivity index (χ1n) is 7.67. The molecule has 1 unspecified atom stereocenters. The van der Waals surface area contributed by atoms with Crippen molar-refractivity contribution >= 4 is 5.69 Å². The Kier molecular flexibility index (Phi) is 5.06. The van der Waals surface area contributed by atoms with Gasteiger partial charge in [-0.2, -0.15) is 0 Å². The van der Waals surface area contributed by atoms with E-state index < -0.39 is 0 Å². The molecule has 1 fully saturated rings. The highest BCUT2D eigenvalue weighted by molar-refractivity contribution is 5.45. The third-order valence-electron chi connectivity index (χ3n) is 3.95. The lowest BCUT2D eigenvalue weighted by Gasteiger charge is -2.32. The predicted octanol–water partition coefficient (Wildman–Crippen LogP) is 3.12. The summed E-state index contributed by atoms with van der Waals surface area (Å²) >= 11 is 0. The van der Waals surface area contributed by atoms with E-state index in [2.05, 4.69) is 62.2 Å². The molecule has 0 bridgehead atoms. The number of likely N-dealkylation sites (N-methyl/N-ethyl adjacent to an activating group) is 1. The molecule has 1 aromatic carbocycles. The van der Waals surface area contributed by atoms with E-state index >= 15 is 0 Å².